The first-order valence-corrected chi connectivity index (χ1v) is 7.25. The number of benzene rings is 1. The number of hydrogen-bond acceptors (Lipinski definition) is 3. The van der Waals surface area contributed by atoms with E-state index >= 15 is 0 Å². The molecule has 0 aliphatic heterocycles. The van der Waals surface area contributed by atoms with Crippen LogP contribution in [-0.4, -0.2) is 24.1 Å². The molecule has 1 aromatic carbocycles. The number of nitrogens with one attached hydrogen (secondary N) is 1. The Morgan fingerprint density at radius 3 is 2.64 bits per heavy atom. The van der Waals surface area contributed by atoms with Gasteiger partial charge in [0, 0.05) is 36.9 Å². The smallest absolute Gasteiger partial charge is 0.258 e. The molecule has 3 rings (SSSR count). The lowest BCUT2D eigenvalue weighted by atomic mass is 10.2. The monoisotopic (exact) mass is 315 g/mol. The molecule has 0 aliphatic carbocycles. The van der Waals surface area contributed by atoms with Gasteiger partial charge in [-0.3, -0.25) is 4.79 Å². The predicted octanol–water partition coefficient (Wildman–Crippen LogP) is 1.98. The van der Waals surface area contributed by atoms with Gasteiger partial charge in [-0.15, -0.1) is 0 Å². The second-order valence-electron chi connectivity index (χ2n) is 5.30. The number of rotatable bonds is 3. The summed E-state index contributed by atoms with van der Waals surface area (Å²) in [4.78, 5) is 21.4. The van der Waals surface area contributed by atoms with Crippen LogP contribution in [0, 0.1) is 0 Å². The van der Waals surface area contributed by atoms with Gasteiger partial charge in [-0.05, 0) is 18.2 Å². The lowest BCUT2D eigenvalue weighted by molar-refractivity contribution is -0.689. The summed E-state index contributed by atoms with van der Waals surface area (Å²) in [7, 11) is 3.98. The largest absolute Gasteiger partial charge is 0.377 e. The summed E-state index contributed by atoms with van der Waals surface area (Å²) in [6, 6.07) is 9.10. The van der Waals surface area contributed by atoms with Crippen molar-refractivity contribution in [3.05, 3.63) is 63.9 Å². The van der Waals surface area contributed by atoms with Crippen molar-refractivity contribution < 1.29 is 4.57 Å². The van der Waals surface area contributed by atoms with E-state index in [1.807, 2.05) is 48.1 Å². The average molecular weight is 316 g/mol. The van der Waals surface area contributed by atoms with Gasteiger partial charge in [0.2, 0.25) is 6.54 Å². The van der Waals surface area contributed by atoms with Crippen LogP contribution in [-0.2, 0) is 6.54 Å². The zero-order valence-electron chi connectivity index (χ0n) is 12.4. The molecule has 0 saturated heterocycles. The van der Waals surface area contributed by atoms with Crippen LogP contribution in [0.2, 0.25) is 5.02 Å². The van der Waals surface area contributed by atoms with Crippen LogP contribution >= 0.6 is 11.6 Å². The fourth-order valence-electron chi connectivity index (χ4n) is 2.26. The Morgan fingerprint density at radius 2 is 1.95 bits per heavy atom. The molecule has 5 nitrogen and oxygen atoms in total. The number of pyridine rings is 1. The molecular formula is C16H16ClN4O+. The van der Waals surface area contributed by atoms with Gasteiger partial charge >= 0.3 is 0 Å². The van der Waals surface area contributed by atoms with Crippen molar-refractivity contribution in [3.63, 3.8) is 0 Å². The van der Waals surface area contributed by atoms with Crippen molar-refractivity contribution >= 4 is 28.2 Å². The van der Waals surface area contributed by atoms with Gasteiger partial charge in [-0.1, -0.05) is 11.6 Å². The summed E-state index contributed by atoms with van der Waals surface area (Å²) in [6.45, 7) is 0.491. The first-order chi connectivity index (χ1) is 10.5. The van der Waals surface area contributed by atoms with Gasteiger partial charge in [0.15, 0.2) is 18.2 Å². The quantitative estimate of drug-likeness (QED) is 0.752. The van der Waals surface area contributed by atoms with Crippen LogP contribution in [0.4, 0.5) is 5.69 Å². The minimum atomic E-state index is -0.151. The summed E-state index contributed by atoms with van der Waals surface area (Å²) in [6.07, 6.45) is 3.91. The Balaban J connectivity index is 1.95. The molecule has 2 aromatic heterocycles. The highest BCUT2D eigenvalue weighted by Crippen LogP contribution is 2.14. The molecule has 0 saturated carbocycles. The number of H-pyrrole nitrogens is 1. The number of aromatic nitrogens is 3. The van der Waals surface area contributed by atoms with Crippen LogP contribution < -0.4 is 15.0 Å². The number of aromatic amines is 1. The molecule has 2 heterocycles. The van der Waals surface area contributed by atoms with Gasteiger partial charge in [-0.2, -0.15) is 4.57 Å². The maximum absolute atomic E-state index is 12.1. The predicted molar refractivity (Wildman–Crippen MR) is 87.4 cm³/mol. The van der Waals surface area contributed by atoms with Crippen molar-refractivity contribution in [2.75, 3.05) is 19.0 Å². The van der Waals surface area contributed by atoms with Crippen LogP contribution in [0.5, 0.6) is 0 Å². The topological polar surface area (TPSA) is 52.9 Å². The Hall–Kier alpha value is -2.40. The summed E-state index contributed by atoms with van der Waals surface area (Å²) in [5.74, 6) is 0.599. The summed E-state index contributed by atoms with van der Waals surface area (Å²) in [5.41, 5.74) is 1.57. The Labute approximate surface area is 132 Å². The van der Waals surface area contributed by atoms with Crippen LogP contribution in [0.1, 0.15) is 5.82 Å². The minimum Gasteiger partial charge on any atom is -0.377 e. The number of fused-ring (bicyclic) bond motifs is 1. The molecular weight excluding hydrogens is 300 g/mol. The highest BCUT2D eigenvalue weighted by molar-refractivity contribution is 6.31. The van der Waals surface area contributed by atoms with Crippen molar-refractivity contribution in [1.29, 1.82) is 0 Å². The average Bonchev–Trinajstić information content (AvgIpc) is 2.47. The number of anilines is 1. The fourth-order valence-corrected chi connectivity index (χ4v) is 2.43. The highest BCUT2D eigenvalue weighted by atomic mass is 35.5. The van der Waals surface area contributed by atoms with Crippen molar-refractivity contribution in [2.45, 2.75) is 6.54 Å². The molecule has 3 aromatic rings. The molecule has 0 radical (unpaired) electrons. The normalized spacial score (nSPS) is 10.9. The van der Waals surface area contributed by atoms with E-state index in [4.69, 9.17) is 11.6 Å². The zero-order valence-corrected chi connectivity index (χ0v) is 13.1. The fraction of sp³-hybridized carbons (Fsp3) is 0.188. The van der Waals surface area contributed by atoms with Crippen LogP contribution in [0.15, 0.2) is 47.5 Å². The molecule has 6 heteroatoms. The molecule has 0 bridgehead atoms. The summed E-state index contributed by atoms with van der Waals surface area (Å²) >= 11 is 5.97. The van der Waals surface area contributed by atoms with E-state index in [1.165, 1.54) is 0 Å². The van der Waals surface area contributed by atoms with Gasteiger partial charge in [0.1, 0.15) is 0 Å². The first kappa shape index (κ1) is 14.5. The van der Waals surface area contributed by atoms with E-state index in [1.54, 1.807) is 18.2 Å². The van der Waals surface area contributed by atoms with Crippen LogP contribution in [0.25, 0.3) is 10.9 Å². The Bertz CT molecular complexity index is 871. The molecule has 0 unspecified atom stereocenters. The molecule has 0 spiro atoms. The van der Waals surface area contributed by atoms with E-state index in [9.17, 15) is 4.79 Å². The molecule has 0 amide bonds. The van der Waals surface area contributed by atoms with Gasteiger partial charge < -0.3 is 9.88 Å². The second kappa shape index (κ2) is 5.77. The highest BCUT2D eigenvalue weighted by Gasteiger charge is 2.09. The minimum absolute atomic E-state index is 0.151. The van der Waals surface area contributed by atoms with Crippen molar-refractivity contribution in [1.82, 2.24) is 9.97 Å². The van der Waals surface area contributed by atoms with Crippen molar-refractivity contribution in [3.8, 4) is 0 Å². The lowest BCUT2D eigenvalue weighted by Gasteiger charge is -2.10. The Morgan fingerprint density at radius 1 is 1.23 bits per heavy atom. The van der Waals surface area contributed by atoms with Crippen molar-refractivity contribution in [2.24, 2.45) is 0 Å². The molecule has 0 aliphatic rings. The number of nitrogens with zero attached hydrogens (tertiary/aromatic N) is 3. The van der Waals surface area contributed by atoms with Crippen LogP contribution in [0.3, 0.4) is 0 Å². The van der Waals surface area contributed by atoms with E-state index in [2.05, 4.69) is 9.97 Å². The number of halogens is 1. The number of hydrogen-bond donors (Lipinski definition) is 1. The maximum atomic E-state index is 12.1. The first-order valence-electron chi connectivity index (χ1n) is 6.88. The SMILES string of the molecule is CN(C)c1cc[n+](Cc2nc3cc(Cl)ccc3c(=O)[nH]2)cc1. The second-order valence-corrected chi connectivity index (χ2v) is 5.73. The maximum Gasteiger partial charge on any atom is 0.258 e. The third-order valence-electron chi connectivity index (χ3n) is 3.44. The third-order valence-corrected chi connectivity index (χ3v) is 3.68. The molecule has 0 atom stereocenters. The standard InChI is InChI=1S/C16H15ClN4O/c1-20(2)12-5-7-21(8-6-12)10-15-18-14-9-11(17)3-4-13(14)16(22)19-15/h3-9H,10H2,1-2H3/p+1. The molecule has 1 N–H and O–H groups in total. The van der Waals surface area contributed by atoms with Gasteiger partial charge in [0.05, 0.1) is 10.9 Å². The van der Waals surface area contributed by atoms with E-state index in [0.29, 0.717) is 28.3 Å². The summed E-state index contributed by atoms with van der Waals surface area (Å²) in [5, 5.41) is 1.11. The lowest BCUT2D eigenvalue weighted by Crippen LogP contribution is -2.35. The van der Waals surface area contributed by atoms with E-state index < -0.39 is 0 Å². The summed E-state index contributed by atoms with van der Waals surface area (Å²) < 4.78 is 1.96. The van der Waals surface area contributed by atoms with E-state index in [-0.39, 0.29) is 5.56 Å². The molecule has 112 valence electrons. The third kappa shape index (κ3) is 2.94. The molecule has 22 heavy (non-hydrogen) atoms. The van der Waals surface area contributed by atoms with Gasteiger partial charge in [-0.25, -0.2) is 4.98 Å². The Kier molecular flexibility index (Phi) is 3.81. The van der Waals surface area contributed by atoms with E-state index in [0.717, 1.165) is 5.69 Å². The van der Waals surface area contributed by atoms with Gasteiger partial charge in [0.25, 0.3) is 5.56 Å². The molecule has 0 fully saturated rings. The zero-order chi connectivity index (χ0) is 15.7.